The number of nitrogen functional groups attached to an aromatic ring is 1. The molecule has 1 aromatic carbocycles. The topological polar surface area (TPSA) is 111 Å². The number of rotatable bonds is 5. The third-order valence-electron chi connectivity index (χ3n) is 2.46. The van der Waals surface area contributed by atoms with Crippen LogP contribution in [0.1, 0.15) is 11.7 Å². The molecule has 0 aliphatic carbocycles. The molecule has 0 unspecified atom stereocenters. The van der Waals surface area contributed by atoms with Crippen LogP contribution >= 0.6 is 0 Å². The van der Waals surface area contributed by atoms with Gasteiger partial charge in [0.05, 0.1) is 5.69 Å². The van der Waals surface area contributed by atoms with E-state index >= 15 is 0 Å². The van der Waals surface area contributed by atoms with Crippen molar-refractivity contribution >= 4 is 15.7 Å². The molecule has 0 saturated heterocycles. The number of anilines is 1. The lowest BCUT2D eigenvalue weighted by molar-refractivity contribution is 0.375. The fourth-order valence-corrected chi connectivity index (χ4v) is 2.72. The third-order valence-corrected chi connectivity index (χ3v) is 4.00. The van der Waals surface area contributed by atoms with Crippen LogP contribution in [0.4, 0.5) is 10.1 Å². The molecule has 2 aromatic rings. The maximum absolute atomic E-state index is 12.9. The highest BCUT2D eigenvalue weighted by atomic mass is 32.2. The standard InChI is InChI=1S/C11H13FN4O3S/c1-7-15-11(19-16-7)4-5-14-20(17,18)10-3-2-8(12)6-9(10)13/h2-3,6,14H,4-5,13H2,1H3. The van der Waals surface area contributed by atoms with E-state index in [4.69, 9.17) is 10.3 Å². The van der Waals surface area contributed by atoms with Gasteiger partial charge in [0, 0.05) is 13.0 Å². The highest BCUT2D eigenvalue weighted by molar-refractivity contribution is 7.89. The molecule has 108 valence electrons. The molecule has 7 nitrogen and oxygen atoms in total. The minimum atomic E-state index is -3.80. The van der Waals surface area contributed by atoms with Gasteiger partial charge in [0.15, 0.2) is 5.82 Å². The number of sulfonamides is 1. The Hall–Kier alpha value is -2.00. The first-order valence-corrected chi connectivity index (χ1v) is 7.21. The van der Waals surface area contributed by atoms with Crippen molar-refractivity contribution < 1.29 is 17.3 Å². The normalized spacial score (nSPS) is 11.7. The average Bonchev–Trinajstić information content (AvgIpc) is 2.74. The van der Waals surface area contributed by atoms with E-state index in [-0.39, 0.29) is 23.5 Å². The zero-order valence-corrected chi connectivity index (χ0v) is 11.4. The molecular weight excluding hydrogens is 287 g/mol. The van der Waals surface area contributed by atoms with Crippen molar-refractivity contribution in [2.24, 2.45) is 0 Å². The summed E-state index contributed by atoms with van der Waals surface area (Å²) in [7, 11) is -3.80. The van der Waals surface area contributed by atoms with Gasteiger partial charge in [-0.2, -0.15) is 4.98 Å². The van der Waals surface area contributed by atoms with Gasteiger partial charge >= 0.3 is 0 Å². The lowest BCUT2D eigenvalue weighted by Gasteiger charge is -2.08. The fraction of sp³-hybridized carbons (Fsp3) is 0.273. The number of nitrogens with two attached hydrogens (primary N) is 1. The molecule has 0 spiro atoms. The number of halogens is 1. The van der Waals surface area contributed by atoms with Gasteiger partial charge in [-0.3, -0.25) is 0 Å². The molecule has 1 heterocycles. The van der Waals surface area contributed by atoms with E-state index in [1.54, 1.807) is 6.92 Å². The Morgan fingerprint density at radius 3 is 2.80 bits per heavy atom. The van der Waals surface area contributed by atoms with Crippen LogP contribution in [0, 0.1) is 12.7 Å². The van der Waals surface area contributed by atoms with Crippen LogP contribution in [0.2, 0.25) is 0 Å². The van der Waals surface area contributed by atoms with E-state index in [1.807, 2.05) is 0 Å². The number of hydrogen-bond acceptors (Lipinski definition) is 6. The lowest BCUT2D eigenvalue weighted by Crippen LogP contribution is -2.26. The molecule has 0 atom stereocenters. The Bertz CT molecular complexity index is 714. The molecule has 0 bridgehead atoms. The van der Waals surface area contributed by atoms with Crippen LogP contribution in [-0.2, 0) is 16.4 Å². The van der Waals surface area contributed by atoms with Gasteiger partial charge in [0.1, 0.15) is 10.7 Å². The van der Waals surface area contributed by atoms with Gasteiger partial charge < -0.3 is 10.3 Å². The summed E-state index contributed by atoms with van der Waals surface area (Å²) in [5.41, 5.74) is 5.35. The second kappa shape index (κ2) is 5.55. The van der Waals surface area contributed by atoms with Crippen molar-refractivity contribution in [3.63, 3.8) is 0 Å². The molecule has 0 aliphatic rings. The molecule has 0 saturated carbocycles. The molecule has 20 heavy (non-hydrogen) atoms. The van der Waals surface area contributed by atoms with Crippen LogP contribution in [0.3, 0.4) is 0 Å². The Morgan fingerprint density at radius 1 is 1.45 bits per heavy atom. The van der Waals surface area contributed by atoms with E-state index in [0.717, 1.165) is 18.2 Å². The number of nitrogens with zero attached hydrogens (tertiary/aromatic N) is 2. The minimum absolute atomic E-state index is 0.0702. The molecule has 0 amide bonds. The number of hydrogen-bond donors (Lipinski definition) is 2. The molecule has 0 radical (unpaired) electrons. The summed E-state index contributed by atoms with van der Waals surface area (Å²) in [6.45, 7) is 1.73. The largest absolute Gasteiger partial charge is 0.398 e. The van der Waals surface area contributed by atoms with Crippen LogP contribution in [-0.4, -0.2) is 25.1 Å². The molecular formula is C11H13FN4O3S. The summed E-state index contributed by atoms with van der Waals surface area (Å²) in [5.74, 6) is 0.214. The summed E-state index contributed by atoms with van der Waals surface area (Å²) < 4.78 is 44.0. The smallest absolute Gasteiger partial charge is 0.242 e. The average molecular weight is 300 g/mol. The third kappa shape index (κ3) is 3.31. The summed E-state index contributed by atoms with van der Waals surface area (Å²) in [4.78, 5) is 3.78. The summed E-state index contributed by atoms with van der Waals surface area (Å²) >= 11 is 0. The Morgan fingerprint density at radius 2 is 2.20 bits per heavy atom. The van der Waals surface area contributed by atoms with Crippen molar-refractivity contribution in [1.82, 2.24) is 14.9 Å². The number of nitrogens with one attached hydrogen (secondary N) is 1. The van der Waals surface area contributed by atoms with E-state index in [0.29, 0.717) is 11.7 Å². The summed E-state index contributed by atoms with van der Waals surface area (Å²) in [6, 6.07) is 3.10. The van der Waals surface area contributed by atoms with Crippen LogP contribution in [0.15, 0.2) is 27.6 Å². The monoisotopic (exact) mass is 300 g/mol. The maximum Gasteiger partial charge on any atom is 0.242 e. The highest BCUT2D eigenvalue weighted by Gasteiger charge is 2.17. The maximum atomic E-state index is 12.9. The van der Waals surface area contributed by atoms with Gasteiger partial charge in [-0.15, -0.1) is 0 Å². The van der Waals surface area contributed by atoms with Gasteiger partial charge in [-0.25, -0.2) is 17.5 Å². The van der Waals surface area contributed by atoms with Crippen molar-refractivity contribution in [2.45, 2.75) is 18.2 Å². The first-order chi connectivity index (χ1) is 9.38. The quantitative estimate of drug-likeness (QED) is 0.783. The SMILES string of the molecule is Cc1noc(CCNS(=O)(=O)c2ccc(F)cc2N)n1. The molecule has 0 fully saturated rings. The van der Waals surface area contributed by atoms with E-state index in [1.165, 1.54) is 0 Å². The van der Waals surface area contributed by atoms with Crippen LogP contribution < -0.4 is 10.5 Å². The van der Waals surface area contributed by atoms with E-state index in [9.17, 15) is 12.8 Å². The van der Waals surface area contributed by atoms with Crippen molar-refractivity contribution in [2.75, 3.05) is 12.3 Å². The van der Waals surface area contributed by atoms with Crippen LogP contribution in [0.25, 0.3) is 0 Å². The number of benzene rings is 1. The van der Waals surface area contributed by atoms with Crippen molar-refractivity contribution in [3.8, 4) is 0 Å². The highest BCUT2D eigenvalue weighted by Crippen LogP contribution is 2.18. The van der Waals surface area contributed by atoms with Crippen LogP contribution in [0.5, 0.6) is 0 Å². The van der Waals surface area contributed by atoms with Gasteiger partial charge in [0.2, 0.25) is 15.9 Å². The van der Waals surface area contributed by atoms with Crippen molar-refractivity contribution in [3.05, 3.63) is 35.7 Å². The molecule has 0 aliphatic heterocycles. The zero-order chi connectivity index (χ0) is 14.8. The second-order valence-corrected chi connectivity index (χ2v) is 5.80. The zero-order valence-electron chi connectivity index (χ0n) is 10.6. The molecule has 1 aromatic heterocycles. The number of aryl methyl sites for hydroxylation is 1. The Balaban J connectivity index is 2.04. The molecule has 9 heteroatoms. The Kier molecular flexibility index (Phi) is 4.00. The predicted octanol–water partition coefficient (Wildman–Crippen LogP) is 0.620. The summed E-state index contributed by atoms with van der Waals surface area (Å²) in [6.07, 6.45) is 0.251. The lowest BCUT2D eigenvalue weighted by atomic mass is 10.3. The Labute approximate surface area is 115 Å². The molecule has 2 rings (SSSR count). The minimum Gasteiger partial charge on any atom is -0.398 e. The van der Waals surface area contributed by atoms with Crippen molar-refractivity contribution in [1.29, 1.82) is 0 Å². The number of aromatic nitrogens is 2. The van der Waals surface area contributed by atoms with Gasteiger partial charge in [0.25, 0.3) is 0 Å². The summed E-state index contributed by atoms with van der Waals surface area (Å²) in [5, 5.41) is 3.59. The fourth-order valence-electron chi connectivity index (χ4n) is 1.58. The van der Waals surface area contributed by atoms with Gasteiger partial charge in [-0.1, -0.05) is 5.16 Å². The van der Waals surface area contributed by atoms with Gasteiger partial charge in [-0.05, 0) is 25.1 Å². The van der Waals surface area contributed by atoms with E-state index < -0.39 is 15.8 Å². The predicted molar refractivity (Wildman–Crippen MR) is 68.7 cm³/mol. The van der Waals surface area contributed by atoms with E-state index in [2.05, 4.69) is 14.9 Å². The first kappa shape index (κ1) is 14.4. The second-order valence-electron chi connectivity index (χ2n) is 4.07. The first-order valence-electron chi connectivity index (χ1n) is 5.72. The molecule has 3 N–H and O–H groups in total.